The van der Waals surface area contributed by atoms with Gasteiger partial charge in [0, 0.05) is 32.6 Å². The second-order valence-corrected chi connectivity index (χ2v) is 8.14. The molecule has 0 aliphatic carbocycles. The van der Waals surface area contributed by atoms with E-state index in [1.54, 1.807) is 19.3 Å². The number of H-pyrrole nitrogens is 1. The van der Waals surface area contributed by atoms with E-state index in [0.29, 0.717) is 5.56 Å². The fraction of sp³-hybridized carbons (Fsp3) is 0.500. The molecule has 192 valence electrons. The van der Waals surface area contributed by atoms with Crippen LogP contribution in [0, 0.1) is 11.3 Å². The third-order valence-corrected chi connectivity index (χ3v) is 5.47. The molecular weight excluding hydrogens is 476 g/mol. The zero-order chi connectivity index (χ0) is 26.1. The summed E-state index contributed by atoms with van der Waals surface area (Å²) in [6.45, 7) is 6.09. The van der Waals surface area contributed by atoms with Crippen LogP contribution in [0.1, 0.15) is 37.1 Å². The number of carbonyl (C=O) groups is 1. The van der Waals surface area contributed by atoms with Gasteiger partial charge in [-0.2, -0.15) is 15.5 Å². The summed E-state index contributed by atoms with van der Waals surface area (Å²) in [6.07, 6.45) is 2.54. The number of carbonyl (C=O) groups excluding carboxylic acids is 1. The lowest BCUT2D eigenvalue weighted by Crippen LogP contribution is -2.45. The standard InChI is InChI=1S/C12H14F2N4O3.C10H13N5/c1-7(6-21-4-2-3-19)18-8-5-15-16-12(20)9(8)10(17-18)11(13)14;1-14-2-4-15(5-3-14)10-12-7-9(6-11)8-13-10/h3,5,7,11H,2,4,6H2,1H3,(H,16,20);7-8H,2-5H2,1H3. The number of nitrogens with zero attached hydrogens (tertiary/aromatic N) is 8. The van der Waals surface area contributed by atoms with Gasteiger partial charge in [0.25, 0.3) is 12.0 Å². The maximum absolute atomic E-state index is 13.0. The highest BCUT2D eigenvalue weighted by Crippen LogP contribution is 2.26. The monoisotopic (exact) mass is 503 g/mol. The molecule has 0 saturated carbocycles. The predicted octanol–water partition coefficient (Wildman–Crippen LogP) is 1.32. The Balaban J connectivity index is 0.000000212. The van der Waals surface area contributed by atoms with Crippen molar-refractivity contribution in [3.8, 4) is 6.07 Å². The van der Waals surface area contributed by atoms with Crippen molar-refractivity contribution in [1.82, 2.24) is 34.8 Å². The highest BCUT2D eigenvalue weighted by atomic mass is 19.3. The summed E-state index contributed by atoms with van der Waals surface area (Å²) in [4.78, 5) is 34.6. The van der Waals surface area contributed by atoms with Gasteiger partial charge in [-0.3, -0.25) is 9.48 Å². The first kappa shape index (κ1) is 26.8. The lowest BCUT2D eigenvalue weighted by Gasteiger charge is -2.32. The molecule has 36 heavy (non-hydrogen) atoms. The molecule has 3 aromatic rings. The fourth-order valence-electron chi connectivity index (χ4n) is 3.52. The summed E-state index contributed by atoms with van der Waals surface area (Å²) < 4.78 is 32.5. The number of nitriles is 1. The zero-order valence-electron chi connectivity index (χ0n) is 20.0. The third kappa shape index (κ3) is 6.64. The number of nitrogens with one attached hydrogen (secondary N) is 1. The predicted molar refractivity (Wildman–Crippen MR) is 126 cm³/mol. The van der Waals surface area contributed by atoms with Crippen molar-refractivity contribution in [2.75, 3.05) is 51.3 Å². The second kappa shape index (κ2) is 12.8. The Morgan fingerprint density at radius 2 is 1.92 bits per heavy atom. The van der Waals surface area contributed by atoms with Gasteiger partial charge in [-0.1, -0.05) is 0 Å². The van der Waals surface area contributed by atoms with E-state index in [9.17, 15) is 18.4 Å². The Morgan fingerprint density at radius 1 is 1.22 bits per heavy atom. The molecule has 0 radical (unpaired) electrons. The maximum atomic E-state index is 13.0. The van der Waals surface area contributed by atoms with E-state index >= 15 is 0 Å². The van der Waals surface area contributed by atoms with Crippen LogP contribution in [-0.2, 0) is 9.53 Å². The number of aromatic nitrogens is 6. The highest BCUT2D eigenvalue weighted by Gasteiger charge is 2.23. The Hall–Kier alpha value is -3.83. The van der Waals surface area contributed by atoms with Crippen LogP contribution in [0.3, 0.4) is 0 Å². The molecule has 1 atom stereocenters. The first-order valence-electron chi connectivity index (χ1n) is 11.3. The SMILES string of the molecule is CC(COCCC=O)n1nc(C(F)F)c2c(=O)[nH]ncc21.CN1CCN(c2ncc(C#N)cn2)CC1. The summed E-state index contributed by atoms with van der Waals surface area (Å²) in [5.41, 5.74) is -0.551. The average molecular weight is 504 g/mol. The maximum Gasteiger partial charge on any atom is 0.282 e. The number of hydrogen-bond donors (Lipinski definition) is 1. The van der Waals surface area contributed by atoms with Crippen LogP contribution >= 0.6 is 0 Å². The lowest BCUT2D eigenvalue weighted by molar-refractivity contribution is -0.108. The van der Waals surface area contributed by atoms with Crippen LogP contribution in [0.15, 0.2) is 23.4 Å². The topological polar surface area (TPSA) is 146 Å². The number of fused-ring (bicyclic) bond motifs is 1. The minimum Gasteiger partial charge on any atom is -0.379 e. The van der Waals surface area contributed by atoms with Gasteiger partial charge in [-0.05, 0) is 14.0 Å². The lowest BCUT2D eigenvalue weighted by atomic mass is 10.2. The van der Waals surface area contributed by atoms with Gasteiger partial charge in [-0.25, -0.2) is 23.8 Å². The van der Waals surface area contributed by atoms with Crippen LogP contribution in [-0.4, -0.2) is 87.6 Å². The molecule has 1 aliphatic rings. The number of rotatable bonds is 8. The summed E-state index contributed by atoms with van der Waals surface area (Å²) in [7, 11) is 2.11. The van der Waals surface area contributed by atoms with E-state index in [-0.39, 0.29) is 36.6 Å². The van der Waals surface area contributed by atoms with Gasteiger partial charge in [-0.15, -0.1) is 0 Å². The summed E-state index contributed by atoms with van der Waals surface area (Å²) in [5.74, 6) is 0.724. The van der Waals surface area contributed by atoms with Crippen molar-refractivity contribution in [2.45, 2.75) is 25.8 Å². The Labute approximate surface area is 205 Å². The minimum absolute atomic E-state index is 0.167. The largest absolute Gasteiger partial charge is 0.379 e. The highest BCUT2D eigenvalue weighted by molar-refractivity contribution is 5.80. The molecule has 12 nitrogen and oxygen atoms in total. The van der Waals surface area contributed by atoms with E-state index < -0.39 is 17.7 Å². The summed E-state index contributed by atoms with van der Waals surface area (Å²) in [6, 6.07) is 1.63. The molecule has 1 N–H and O–H groups in total. The molecule has 1 saturated heterocycles. The number of piperazine rings is 1. The van der Waals surface area contributed by atoms with Crippen molar-refractivity contribution in [3.05, 3.63) is 40.2 Å². The Kier molecular flexibility index (Phi) is 9.48. The van der Waals surface area contributed by atoms with Gasteiger partial charge < -0.3 is 19.3 Å². The quantitative estimate of drug-likeness (QED) is 0.353. The Morgan fingerprint density at radius 3 is 2.53 bits per heavy atom. The van der Waals surface area contributed by atoms with E-state index in [2.05, 4.69) is 42.1 Å². The van der Waals surface area contributed by atoms with Crippen molar-refractivity contribution in [3.63, 3.8) is 0 Å². The summed E-state index contributed by atoms with van der Waals surface area (Å²) >= 11 is 0. The average Bonchev–Trinajstić information content (AvgIpc) is 3.29. The molecule has 1 aliphatic heterocycles. The van der Waals surface area contributed by atoms with Crippen molar-refractivity contribution >= 4 is 23.1 Å². The first-order chi connectivity index (χ1) is 17.3. The Bertz CT molecular complexity index is 1230. The van der Waals surface area contributed by atoms with Crippen LogP contribution in [0.25, 0.3) is 10.9 Å². The molecule has 4 heterocycles. The molecular formula is C22H27F2N9O3. The molecule has 4 rings (SSSR count). The number of halogens is 2. The van der Waals surface area contributed by atoms with Gasteiger partial charge in [0.2, 0.25) is 5.95 Å². The number of aldehydes is 1. The third-order valence-electron chi connectivity index (χ3n) is 5.47. The van der Waals surface area contributed by atoms with E-state index in [4.69, 9.17) is 10.00 Å². The number of ether oxygens (including phenoxy) is 1. The van der Waals surface area contributed by atoms with Crippen molar-refractivity contribution in [2.24, 2.45) is 0 Å². The first-order valence-corrected chi connectivity index (χ1v) is 11.3. The zero-order valence-corrected chi connectivity index (χ0v) is 20.0. The number of alkyl halides is 2. The molecule has 3 aromatic heterocycles. The van der Waals surface area contributed by atoms with Gasteiger partial charge >= 0.3 is 0 Å². The van der Waals surface area contributed by atoms with Gasteiger partial charge in [0.15, 0.2) is 0 Å². The summed E-state index contributed by atoms with van der Waals surface area (Å²) in [5, 5.41) is 18.0. The number of hydrogen-bond acceptors (Lipinski definition) is 10. The molecule has 0 aromatic carbocycles. The van der Waals surface area contributed by atoms with Crippen molar-refractivity contribution < 1.29 is 18.3 Å². The van der Waals surface area contributed by atoms with Gasteiger partial charge in [0.05, 0.1) is 54.3 Å². The second-order valence-electron chi connectivity index (χ2n) is 8.14. The minimum atomic E-state index is -2.86. The molecule has 14 heteroatoms. The molecule has 1 unspecified atom stereocenters. The van der Waals surface area contributed by atoms with Gasteiger partial charge in [0.1, 0.15) is 18.0 Å². The van der Waals surface area contributed by atoms with Crippen LogP contribution < -0.4 is 10.5 Å². The van der Waals surface area contributed by atoms with E-state index in [1.165, 1.54) is 10.9 Å². The number of aromatic amines is 1. The van der Waals surface area contributed by atoms with E-state index in [1.807, 2.05) is 6.07 Å². The van der Waals surface area contributed by atoms with Crippen LogP contribution in [0.2, 0.25) is 0 Å². The normalized spacial score (nSPS) is 14.8. The number of anilines is 1. The molecule has 0 amide bonds. The molecule has 0 spiro atoms. The molecule has 0 bridgehead atoms. The fourth-order valence-corrected chi connectivity index (χ4v) is 3.52. The van der Waals surface area contributed by atoms with Crippen molar-refractivity contribution in [1.29, 1.82) is 5.26 Å². The molecule has 1 fully saturated rings. The number of likely N-dealkylation sites (N-methyl/N-ethyl adjacent to an activating group) is 1. The smallest absolute Gasteiger partial charge is 0.282 e. The van der Waals surface area contributed by atoms with Crippen LogP contribution in [0.5, 0.6) is 0 Å². The van der Waals surface area contributed by atoms with Crippen LogP contribution in [0.4, 0.5) is 14.7 Å². The van der Waals surface area contributed by atoms with E-state index in [0.717, 1.165) is 38.4 Å².